The van der Waals surface area contributed by atoms with Gasteiger partial charge in [0.25, 0.3) is 0 Å². The van der Waals surface area contributed by atoms with Crippen molar-refractivity contribution in [2.24, 2.45) is 0 Å². The van der Waals surface area contributed by atoms with Gasteiger partial charge in [-0.05, 0) is 25.7 Å². The van der Waals surface area contributed by atoms with Crippen molar-refractivity contribution >= 4 is 8.80 Å². The van der Waals surface area contributed by atoms with Gasteiger partial charge >= 0.3 is 8.80 Å². The highest BCUT2D eigenvalue weighted by Gasteiger charge is 2.54. The quantitative estimate of drug-likeness (QED) is 0.524. The van der Waals surface area contributed by atoms with E-state index < -0.39 is 8.80 Å². The van der Waals surface area contributed by atoms with Crippen molar-refractivity contribution in [3.8, 4) is 0 Å². The zero-order valence-corrected chi connectivity index (χ0v) is 14.2. The van der Waals surface area contributed by atoms with Gasteiger partial charge in [-0.1, -0.05) is 41.5 Å². The minimum absolute atomic E-state index is 0.0213. The van der Waals surface area contributed by atoms with Crippen LogP contribution in [0.15, 0.2) is 0 Å². The lowest BCUT2D eigenvalue weighted by atomic mass is 10.1. The van der Waals surface area contributed by atoms with E-state index in [2.05, 4.69) is 41.5 Å². The zero-order chi connectivity index (χ0) is 14.1. The lowest BCUT2D eigenvalue weighted by Gasteiger charge is -2.40. The Bertz CT molecular complexity index is 185. The Morgan fingerprint density at radius 2 is 1.06 bits per heavy atom. The van der Waals surface area contributed by atoms with Gasteiger partial charge in [-0.3, -0.25) is 0 Å². The molecule has 110 valence electrons. The molecule has 0 aliphatic rings. The van der Waals surface area contributed by atoms with Crippen LogP contribution < -0.4 is 0 Å². The average molecular weight is 276 g/mol. The molecule has 4 heteroatoms. The molecule has 0 amide bonds. The SMILES string of the molecule is CCCO[Si](OCCC)(OCCC)C(C)(C)CC. The van der Waals surface area contributed by atoms with Crippen molar-refractivity contribution in [1.29, 1.82) is 0 Å². The molecular weight excluding hydrogens is 244 g/mol. The van der Waals surface area contributed by atoms with Crippen LogP contribution in [0.25, 0.3) is 0 Å². The highest BCUT2D eigenvalue weighted by molar-refractivity contribution is 6.64. The number of rotatable bonds is 11. The molecule has 0 fully saturated rings. The van der Waals surface area contributed by atoms with Gasteiger partial charge < -0.3 is 13.3 Å². The van der Waals surface area contributed by atoms with E-state index in [1.165, 1.54) is 0 Å². The second-order valence-electron chi connectivity index (χ2n) is 5.34. The molecule has 18 heavy (non-hydrogen) atoms. The second-order valence-corrected chi connectivity index (χ2v) is 8.67. The molecule has 0 N–H and O–H groups in total. The molecule has 0 rings (SSSR count). The van der Waals surface area contributed by atoms with Crippen molar-refractivity contribution < 1.29 is 13.3 Å². The highest BCUT2D eigenvalue weighted by atomic mass is 28.4. The number of hydrogen-bond donors (Lipinski definition) is 0. The Morgan fingerprint density at radius 1 is 0.722 bits per heavy atom. The topological polar surface area (TPSA) is 27.7 Å². The molecule has 0 aliphatic carbocycles. The lowest BCUT2D eigenvalue weighted by molar-refractivity contribution is 0.0366. The molecule has 0 aromatic carbocycles. The summed E-state index contributed by atoms with van der Waals surface area (Å²) in [6.45, 7) is 15.1. The van der Waals surface area contributed by atoms with Crippen LogP contribution in [0.2, 0.25) is 5.04 Å². The van der Waals surface area contributed by atoms with Crippen LogP contribution >= 0.6 is 0 Å². The molecule has 0 aromatic heterocycles. The van der Waals surface area contributed by atoms with Crippen LogP contribution in [0.4, 0.5) is 0 Å². The van der Waals surface area contributed by atoms with Crippen LogP contribution in [-0.4, -0.2) is 28.6 Å². The van der Waals surface area contributed by atoms with Gasteiger partial charge in [0.2, 0.25) is 0 Å². The molecule has 0 unspecified atom stereocenters. The summed E-state index contributed by atoms with van der Waals surface area (Å²) in [6.07, 6.45) is 4.01. The third-order valence-electron chi connectivity index (χ3n) is 3.20. The molecule has 0 aromatic rings. The maximum absolute atomic E-state index is 6.13. The van der Waals surface area contributed by atoms with Gasteiger partial charge in [0.15, 0.2) is 0 Å². The summed E-state index contributed by atoms with van der Waals surface area (Å²) in [5.74, 6) is 0. The molecule has 0 saturated carbocycles. The van der Waals surface area contributed by atoms with Crippen LogP contribution in [0.1, 0.15) is 67.2 Å². The smallest absolute Gasteiger partial charge is 0.373 e. The van der Waals surface area contributed by atoms with E-state index in [0.29, 0.717) is 0 Å². The first-order valence-electron chi connectivity index (χ1n) is 7.41. The molecule has 0 spiro atoms. The maximum Gasteiger partial charge on any atom is 0.506 e. The predicted molar refractivity (Wildman–Crippen MR) is 78.8 cm³/mol. The van der Waals surface area contributed by atoms with E-state index in [1.54, 1.807) is 0 Å². The monoisotopic (exact) mass is 276 g/mol. The fourth-order valence-electron chi connectivity index (χ4n) is 1.64. The largest absolute Gasteiger partial charge is 0.506 e. The third-order valence-corrected chi connectivity index (χ3v) is 6.97. The normalized spacial score (nSPS) is 13.0. The van der Waals surface area contributed by atoms with Gasteiger partial charge in [0.05, 0.1) is 0 Å². The zero-order valence-electron chi connectivity index (χ0n) is 13.2. The molecule has 0 atom stereocenters. The summed E-state index contributed by atoms with van der Waals surface area (Å²) in [5, 5.41) is -0.0213. The maximum atomic E-state index is 6.13. The van der Waals surface area contributed by atoms with Crippen LogP contribution in [0.5, 0.6) is 0 Å². The fraction of sp³-hybridized carbons (Fsp3) is 1.00. The van der Waals surface area contributed by atoms with Gasteiger partial charge in [-0.2, -0.15) is 0 Å². The van der Waals surface area contributed by atoms with Gasteiger partial charge in [-0.25, -0.2) is 0 Å². The predicted octanol–water partition coefficient (Wildman–Crippen LogP) is 4.40. The Morgan fingerprint density at radius 3 is 1.28 bits per heavy atom. The first-order chi connectivity index (χ1) is 8.49. The van der Waals surface area contributed by atoms with Crippen LogP contribution in [-0.2, 0) is 13.3 Å². The van der Waals surface area contributed by atoms with E-state index in [0.717, 1.165) is 45.5 Å². The summed E-state index contributed by atoms with van der Waals surface area (Å²) < 4.78 is 18.4. The van der Waals surface area contributed by atoms with Crippen molar-refractivity contribution in [1.82, 2.24) is 0 Å². The first-order valence-corrected chi connectivity index (χ1v) is 9.14. The second kappa shape index (κ2) is 9.07. The van der Waals surface area contributed by atoms with E-state index in [-0.39, 0.29) is 5.04 Å². The van der Waals surface area contributed by atoms with E-state index >= 15 is 0 Å². The third kappa shape index (κ3) is 5.00. The summed E-state index contributed by atoms with van der Waals surface area (Å²) in [5.41, 5.74) is 0. The summed E-state index contributed by atoms with van der Waals surface area (Å²) in [6, 6.07) is 0. The van der Waals surface area contributed by atoms with Crippen molar-refractivity contribution in [3.63, 3.8) is 0 Å². The summed E-state index contributed by atoms with van der Waals surface area (Å²) in [7, 11) is -2.59. The van der Waals surface area contributed by atoms with Crippen molar-refractivity contribution in [2.75, 3.05) is 19.8 Å². The Hall–Kier alpha value is 0.0969. The van der Waals surface area contributed by atoms with E-state index in [9.17, 15) is 0 Å². The minimum Gasteiger partial charge on any atom is -0.373 e. The Labute approximate surface area is 115 Å². The Balaban J connectivity index is 4.97. The van der Waals surface area contributed by atoms with Crippen LogP contribution in [0.3, 0.4) is 0 Å². The first kappa shape index (κ1) is 18.1. The Kier molecular flexibility index (Phi) is 9.12. The average Bonchev–Trinajstić information content (AvgIpc) is 2.38. The molecule has 0 saturated heterocycles. The lowest BCUT2D eigenvalue weighted by Crippen LogP contribution is -2.54. The van der Waals surface area contributed by atoms with E-state index in [4.69, 9.17) is 13.3 Å². The van der Waals surface area contributed by atoms with Gasteiger partial charge in [-0.15, -0.1) is 0 Å². The molecule has 0 bridgehead atoms. The molecule has 0 aliphatic heterocycles. The minimum atomic E-state index is -2.59. The fourth-order valence-corrected chi connectivity index (χ4v) is 4.91. The van der Waals surface area contributed by atoms with Crippen LogP contribution in [0, 0.1) is 0 Å². The van der Waals surface area contributed by atoms with Gasteiger partial charge in [0.1, 0.15) is 0 Å². The highest BCUT2D eigenvalue weighted by Crippen LogP contribution is 2.42. The molecular formula is C14H32O3Si. The molecule has 0 radical (unpaired) electrons. The molecule has 3 nitrogen and oxygen atoms in total. The van der Waals surface area contributed by atoms with Crippen molar-refractivity contribution in [3.05, 3.63) is 0 Å². The summed E-state index contributed by atoms with van der Waals surface area (Å²) >= 11 is 0. The standard InChI is InChI=1S/C14H32O3Si/c1-7-11-15-18(16-12-8-2,17-13-9-3)14(5,6)10-4/h7-13H2,1-6H3. The van der Waals surface area contributed by atoms with Crippen molar-refractivity contribution in [2.45, 2.75) is 72.3 Å². The summed E-state index contributed by atoms with van der Waals surface area (Å²) in [4.78, 5) is 0. The van der Waals surface area contributed by atoms with E-state index in [1.807, 2.05) is 0 Å². The molecule has 0 heterocycles. The number of hydrogen-bond acceptors (Lipinski definition) is 3. The van der Waals surface area contributed by atoms with Gasteiger partial charge in [0, 0.05) is 24.9 Å².